The van der Waals surface area contributed by atoms with Gasteiger partial charge in [0.05, 0.1) is 10.6 Å². The number of rotatable bonds is 5. The molecule has 3 aromatic rings. The van der Waals surface area contributed by atoms with E-state index in [1.54, 1.807) is 11.4 Å². The molecule has 28 heavy (non-hydrogen) atoms. The quantitative estimate of drug-likeness (QED) is 0.479. The van der Waals surface area contributed by atoms with Crippen LogP contribution in [0.5, 0.6) is 5.75 Å². The summed E-state index contributed by atoms with van der Waals surface area (Å²) >= 11 is 1.11. The molecule has 0 spiro atoms. The van der Waals surface area contributed by atoms with Crippen LogP contribution in [0, 0.1) is 10.1 Å². The Bertz CT molecular complexity index is 1020. The number of hydrogen-bond donors (Lipinski definition) is 1. The summed E-state index contributed by atoms with van der Waals surface area (Å²) in [6.07, 6.45) is -4.81. The van der Waals surface area contributed by atoms with E-state index in [1.165, 1.54) is 30.3 Å². The Morgan fingerprint density at radius 3 is 2.54 bits per heavy atom. The molecule has 3 rings (SSSR count). The zero-order valence-corrected chi connectivity index (χ0v) is 14.6. The SMILES string of the molecule is O=C(Nc1nc(-c2cccc([N+](=O)[O-])c2)cs1)c1ccc(OC(F)(F)F)cc1. The van der Waals surface area contributed by atoms with Crippen LogP contribution in [0.1, 0.15) is 10.4 Å². The first kappa shape index (κ1) is 19.3. The molecule has 1 heterocycles. The molecule has 0 aliphatic carbocycles. The lowest BCUT2D eigenvalue weighted by Crippen LogP contribution is -2.17. The summed E-state index contributed by atoms with van der Waals surface area (Å²) in [5.41, 5.74) is 0.983. The molecule has 11 heteroatoms. The van der Waals surface area contributed by atoms with Gasteiger partial charge in [0.15, 0.2) is 5.13 Å². The Hall–Kier alpha value is -3.47. The fourth-order valence-corrected chi connectivity index (χ4v) is 2.93. The van der Waals surface area contributed by atoms with E-state index in [0.717, 1.165) is 23.5 Å². The van der Waals surface area contributed by atoms with E-state index in [4.69, 9.17) is 0 Å². The number of nitrogens with one attached hydrogen (secondary N) is 1. The number of benzene rings is 2. The van der Waals surface area contributed by atoms with Gasteiger partial charge in [-0.2, -0.15) is 0 Å². The van der Waals surface area contributed by atoms with Crippen LogP contribution in [-0.2, 0) is 0 Å². The van der Waals surface area contributed by atoms with Crippen molar-refractivity contribution in [3.63, 3.8) is 0 Å². The minimum Gasteiger partial charge on any atom is -0.406 e. The topological polar surface area (TPSA) is 94.4 Å². The number of nitro benzene ring substituents is 1. The first-order valence-electron chi connectivity index (χ1n) is 7.59. The maximum atomic E-state index is 12.2. The van der Waals surface area contributed by atoms with Crippen molar-refractivity contribution < 1.29 is 27.6 Å². The molecular formula is C17H10F3N3O4S. The Morgan fingerprint density at radius 1 is 1.18 bits per heavy atom. The standard InChI is InChI=1S/C17H10F3N3O4S/c18-17(19,20)27-13-6-4-10(5-7-13)15(24)22-16-21-14(9-28-16)11-2-1-3-12(8-11)23(25)26/h1-9H,(H,21,22,24). The van der Waals surface area contributed by atoms with E-state index in [2.05, 4.69) is 15.0 Å². The van der Waals surface area contributed by atoms with E-state index in [9.17, 15) is 28.1 Å². The van der Waals surface area contributed by atoms with Crippen molar-refractivity contribution in [1.29, 1.82) is 0 Å². The second kappa shape index (κ2) is 7.64. The fourth-order valence-electron chi connectivity index (χ4n) is 2.22. The van der Waals surface area contributed by atoms with Gasteiger partial charge in [-0.1, -0.05) is 12.1 Å². The number of anilines is 1. The fraction of sp³-hybridized carbons (Fsp3) is 0.0588. The number of nitro groups is 1. The number of aromatic nitrogens is 1. The summed E-state index contributed by atoms with van der Waals surface area (Å²) in [7, 11) is 0. The minimum absolute atomic E-state index is 0.0859. The molecule has 0 saturated heterocycles. The van der Waals surface area contributed by atoms with Crippen LogP contribution in [0.2, 0.25) is 0 Å². The highest BCUT2D eigenvalue weighted by molar-refractivity contribution is 7.14. The number of nitrogens with zero attached hydrogens (tertiary/aromatic N) is 2. The molecule has 0 saturated carbocycles. The number of non-ortho nitro benzene ring substituents is 1. The largest absolute Gasteiger partial charge is 0.573 e. The molecular weight excluding hydrogens is 399 g/mol. The lowest BCUT2D eigenvalue weighted by atomic mass is 10.1. The normalized spacial score (nSPS) is 11.1. The van der Waals surface area contributed by atoms with E-state index >= 15 is 0 Å². The minimum atomic E-state index is -4.81. The first-order valence-corrected chi connectivity index (χ1v) is 8.47. The highest BCUT2D eigenvalue weighted by Gasteiger charge is 2.31. The average Bonchev–Trinajstić information content (AvgIpc) is 3.09. The maximum absolute atomic E-state index is 12.2. The molecule has 0 aliphatic heterocycles. The highest BCUT2D eigenvalue weighted by Crippen LogP contribution is 2.28. The lowest BCUT2D eigenvalue weighted by molar-refractivity contribution is -0.384. The van der Waals surface area contributed by atoms with Crippen molar-refractivity contribution >= 4 is 28.1 Å². The molecule has 144 valence electrons. The smallest absolute Gasteiger partial charge is 0.406 e. The van der Waals surface area contributed by atoms with Gasteiger partial charge in [0.1, 0.15) is 5.75 Å². The summed E-state index contributed by atoms with van der Waals surface area (Å²) < 4.78 is 40.2. The lowest BCUT2D eigenvalue weighted by Gasteiger charge is -2.09. The van der Waals surface area contributed by atoms with E-state index in [0.29, 0.717) is 11.3 Å². The summed E-state index contributed by atoms with van der Waals surface area (Å²) in [5, 5.41) is 15.2. The zero-order chi connectivity index (χ0) is 20.3. The van der Waals surface area contributed by atoms with Crippen LogP contribution >= 0.6 is 11.3 Å². The van der Waals surface area contributed by atoms with Gasteiger partial charge in [0.2, 0.25) is 0 Å². The Morgan fingerprint density at radius 2 is 1.89 bits per heavy atom. The van der Waals surface area contributed by atoms with Crippen molar-refractivity contribution in [2.45, 2.75) is 6.36 Å². The Kier molecular flexibility index (Phi) is 5.27. The van der Waals surface area contributed by atoms with E-state index in [1.807, 2.05) is 0 Å². The second-order valence-electron chi connectivity index (χ2n) is 5.37. The van der Waals surface area contributed by atoms with Gasteiger partial charge >= 0.3 is 6.36 Å². The molecule has 1 aromatic heterocycles. The summed E-state index contributed by atoms with van der Waals surface area (Å²) in [4.78, 5) is 26.7. The first-order chi connectivity index (χ1) is 13.2. The van der Waals surface area contributed by atoms with Crippen molar-refractivity contribution in [2.24, 2.45) is 0 Å². The van der Waals surface area contributed by atoms with Crippen LogP contribution in [0.25, 0.3) is 11.3 Å². The number of amides is 1. The third-order valence-corrected chi connectivity index (χ3v) is 4.19. The molecule has 1 N–H and O–H groups in total. The number of alkyl halides is 3. The van der Waals surface area contributed by atoms with Crippen LogP contribution in [0.15, 0.2) is 53.9 Å². The van der Waals surface area contributed by atoms with Gasteiger partial charge in [-0.25, -0.2) is 4.98 Å². The maximum Gasteiger partial charge on any atom is 0.573 e. The predicted octanol–water partition coefficient (Wildman–Crippen LogP) is 4.87. The van der Waals surface area contributed by atoms with Gasteiger partial charge in [-0.15, -0.1) is 24.5 Å². The Labute approximate surface area is 159 Å². The molecule has 0 radical (unpaired) electrons. The van der Waals surface area contributed by atoms with E-state index < -0.39 is 22.9 Å². The van der Waals surface area contributed by atoms with Crippen LogP contribution in [-0.4, -0.2) is 22.2 Å². The number of hydrogen-bond acceptors (Lipinski definition) is 6. The summed E-state index contributed by atoms with van der Waals surface area (Å²) in [6, 6.07) is 10.3. The zero-order valence-electron chi connectivity index (χ0n) is 13.8. The summed E-state index contributed by atoms with van der Waals surface area (Å²) in [6.45, 7) is 0. The van der Waals surface area contributed by atoms with Gasteiger partial charge in [0.25, 0.3) is 11.6 Å². The van der Waals surface area contributed by atoms with Gasteiger partial charge in [-0.3, -0.25) is 20.2 Å². The van der Waals surface area contributed by atoms with Gasteiger partial charge in [-0.05, 0) is 24.3 Å². The second-order valence-corrected chi connectivity index (χ2v) is 6.23. The van der Waals surface area contributed by atoms with E-state index in [-0.39, 0.29) is 16.4 Å². The molecule has 0 aliphatic rings. The number of halogens is 3. The Balaban J connectivity index is 1.70. The molecule has 0 unspecified atom stereocenters. The molecule has 7 nitrogen and oxygen atoms in total. The molecule has 0 fully saturated rings. The van der Waals surface area contributed by atoms with Crippen molar-refractivity contribution in [3.8, 4) is 17.0 Å². The average molecular weight is 409 g/mol. The molecule has 0 bridgehead atoms. The molecule has 0 atom stereocenters. The van der Waals surface area contributed by atoms with Gasteiger partial charge < -0.3 is 4.74 Å². The third-order valence-electron chi connectivity index (χ3n) is 3.43. The van der Waals surface area contributed by atoms with Gasteiger partial charge in [0, 0.05) is 28.6 Å². The number of thiazole rings is 1. The number of carbonyl (C=O) groups is 1. The van der Waals surface area contributed by atoms with Crippen molar-refractivity contribution in [2.75, 3.05) is 5.32 Å². The van der Waals surface area contributed by atoms with Crippen molar-refractivity contribution in [3.05, 3.63) is 69.6 Å². The number of carbonyl (C=O) groups excluding carboxylic acids is 1. The molecule has 2 aromatic carbocycles. The number of ether oxygens (including phenoxy) is 1. The predicted molar refractivity (Wildman–Crippen MR) is 95.3 cm³/mol. The highest BCUT2D eigenvalue weighted by atomic mass is 32.1. The van der Waals surface area contributed by atoms with Crippen LogP contribution in [0.4, 0.5) is 24.0 Å². The van der Waals surface area contributed by atoms with Crippen molar-refractivity contribution in [1.82, 2.24) is 4.98 Å². The molecule has 1 amide bonds. The monoisotopic (exact) mass is 409 g/mol. The third kappa shape index (κ3) is 4.82. The summed E-state index contributed by atoms with van der Waals surface area (Å²) in [5.74, 6) is -1.01. The van der Waals surface area contributed by atoms with Crippen LogP contribution in [0.3, 0.4) is 0 Å². The van der Waals surface area contributed by atoms with Crippen LogP contribution < -0.4 is 10.1 Å².